The monoisotopic (exact) mass is 313 g/mol. The summed E-state index contributed by atoms with van der Waals surface area (Å²) in [5, 5.41) is 3.46. The van der Waals surface area contributed by atoms with Gasteiger partial charge in [-0.1, -0.05) is 0 Å². The molecule has 1 unspecified atom stereocenters. The average molecular weight is 314 g/mol. The lowest BCUT2D eigenvalue weighted by molar-refractivity contribution is 0.630. The highest BCUT2D eigenvalue weighted by Crippen LogP contribution is 2.38. The molecule has 1 aliphatic heterocycles. The van der Waals surface area contributed by atoms with Crippen molar-refractivity contribution in [2.45, 2.75) is 25.2 Å². The Balaban J connectivity index is 1.64. The van der Waals surface area contributed by atoms with E-state index in [0.717, 1.165) is 28.7 Å². The van der Waals surface area contributed by atoms with Gasteiger partial charge in [-0.05, 0) is 52.6 Å². The number of nitrogens with one attached hydrogen (secondary N) is 1. The molecule has 1 aromatic rings. The predicted molar refractivity (Wildman–Crippen MR) is 75.6 cm³/mol. The highest BCUT2D eigenvalue weighted by Gasteiger charge is 2.27. The van der Waals surface area contributed by atoms with Crippen LogP contribution in [0.25, 0.3) is 0 Å². The number of hydrogen-bond donors (Lipinski definition) is 1. The first-order chi connectivity index (χ1) is 8.31. The zero-order valence-corrected chi connectivity index (χ0v) is 12.1. The van der Waals surface area contributed by atoms with Gasteiger partial charge in [-0.25, -0.2) is 9.97 Å². The molecule has 1 aliphatic carbocycles. The van der Waals surface area contributed by atoms with Crippen LogP contribution in [-0.2, 0) is 0 Å². The molecule has 3 nitrogen and oxygen atoms in total. The second kappa shape index (κ2) is 5.14. The molecule has 1 N–H and O–H groups in total. The van der Waals surface area contributed by atoms with Crippen LogP contribution in [0.3, 0.4) is 0 Å². The van der Waals surface area contributed by atoms with Crippen LogP contribution in [0.1, 0.15) is 31.0 Å². The van der Waals surface area contributed by atoms with Crippen molar-refractivity contribution in [3.63, 3.8) is 0 Å². The Morgan fingerprint density at radius 1 is 1.35 bits per heavy atom. The molecule has 0 amide bonds. The van der Waals surface area contributed by atoms with Crippen molar-refractivity contribution in [2.24, 2.45) is 5.92 Å². The molecule has 3 rings (SSSR count). The normalized spacial score (nSPS) is 23.9. The van der Waals surface area contributed by atoms with E-state index < -0.39 is 0 Å². The smallest absolute Gasteiger partial charge is 0.135 e. The molecule has 1 atom stereocenters. The lowest BCUT2D eigenvalue weighted by Crippen LogP contribution is -2.14. The molecular formula is C12H16BrN3S. The van der Waals surface area contributed by atoms with E-state index in [4.69, 9.17) is 0 Å². The van der Waals surface area contributed by atoms with E-state index in [1.807, 2.05) is 6.07 Å². The van der Waals surface area contributed by atoms with Gasteiger partial charge in [0.2, 0.25) is 0 Å². The third-order valence-corrected chi connectivity index (χ3v) is 4.89. The van der Waals surface area contributed by atoms with Gasteiger partial charge in [0.1, 0.15) is 16.2 Å². The minimum Gasteiger partial charge on any atom is -0.370 e. The summed E-state index contributed by atoms with van der Waals surface area (Å²) >= 11 is 5.52. The second-order valence-electron chi connectivity index (χ2n) is 4.82. The highest BCUT2D eigenvalue weighted by atomic mass is 79.9. The van der Waals surface area contributed by atoms with Crippen LogP contribution in [-0.4, -0.2) is 28.0 Å². The Hall–Kier alpha value is -0.290. The van der Waals surface area contributed by atoms with Crippen LogP contribution in [0.4, 0.5) is 5.82 Å². The molecular weight excluding hydrogens is 298 g/mol. The van der Waals surface area contributed by atoms with E-state index in [9.17, 15) is 0 Å². The number of nitrogens with zero attached hydrogens (tertiary/aromatic N) is 2. The number of anilines is 1. The fourth-order valence-corrected chi connectivity index (χ4v) is 3.73. The molecule has 0 aromatic carbocycles. The summed E-state index contributed by atoms with van der Waals surface area (Å²) in [6.07, 6.45) is 3.82. The van der Waals surface area contributed by atoms with Crippen molar-refractivity contribution in [3.8, 4) is 0 Å². The van der Waals surface area contributed by atoms with Gasteiger partial charge in [0, 0.05) is 18.5 Å². The maximum absolute atomic E-state index is 4.60. The second-order valence-corrected chi connectivity index (χ2v) is 6.78. The van der Waals surface area contributed by atoms with Gasteiger partial charge < -0.3 is 5.32 Å². The standard InChI is InChI=1S/C12H16BrN3S/c13-10-5-11(14-6-8-3-4-17-7-8)16-12(15-10)9-1-2-9/h5,8-9H,1-4,6-7H2,(H,14,15,16). The van der Waals surface area contributed by atoms with E-state index >= 15 is 0 Å². The third kappa shape index (κ3) is 3.13. The summed E-state index contributed by atoms with van der Waals surface area (Å²) in [7, 11) is 0. The van der Waals surface area contributed by atoms with Crippen molar-refractivity contribution < 1.29 is 0 Å². The molecule has 2 heterocycles. The maximum atomic E-state index is 4.60. The van der Waals surface area contributed by atoms with E-state index in [0.29, 0.717) is 5.92 Å². The molecule has 92 valence electrons. The van der Waals surface area contributed by atoms with Crippen LogP contribution in [0, 0.1) is 5.92 Å². The number of hydrogen-bond acceptors (Lipinski definition) is 4. The van der Waals surface area contributed by atoms with E-state index in [-0.39, 0.29) is 0 Å². The lowest BCUT2D eigenvalue weighted by atomic mass is 10.1. The first-order valence-corrected chi connectivity index (χ1v) is 8.12. The zero-order chi connectivity index (χ0) is 11.7. The van der Waals surface area contributed by atoms with E-state index in [1.54, 1.807) is 0 Å². The van der Waals surface area contributed by atoms with Crippen LogP contribution in [0.15, 0.2) is 10.7 Å². The number of halogens is 1. The predicted octanol–water partition coefficient (Wildman–Crippen LogP) is 3.28. The molecule has 1 aromatic heterocycles. The van der Waals surface area contributed by atoms with Crippen molar-refractivity contribution in [2.75, 3.05) is 23.4 Å². The van der Waals surface area contributed by atoms with Gasteiger partial charge in [0.15, 0.2) is 0 Å². The summed E-state index contributed by atoms with van der Waals surface area (Å²) in [5.41, 5.74) is 0. The van der Waals surface area contributed by atoms with E-state index in [1.165, 1.54) is 30.8 Å². The molecule has 0 spiro atoms. The summed E-state index contributed by atoms with van der Waals surface area (Å²) in [6, 6.07) is 1.98. The van der Waals surface area contributed by atoms with Crippen LogP contribution < -0.4 is 5.32 Å². The van der Waals surface area contributed by atoms with Crippen molar-refractivity contribution in [3.05, 3.63) is 16.5 Å². The van der Waals surface area contributed by atoms with Crippen LogP contribution >= 0.6 is 27.7 Å². The topological polar surface area (TPSA) is 37.8 Å². The molecule has 17 heavy (non-hydrogen) atoms. The zero-order valence-electron chi connectivity index (χ0n) is 9.66. The summed E-state index contributed by atoms with van der Waals surface area (Å²) in [4.78, 5) is 9.03. The quantitative estimate of drug-likeness (QED) is 0.866. The Labute approximate surface area is 114 Å². The van der Waals surface area contributed by atoms with Crippen molar-refractivity contribution in [1.82, 2.24) is 9.97 Å². The lowest BCUT2D eigenvalue weighted by Gasteiger charge is -2.11. The van der Waals surface area contributed by atoms with Gasteiger partial charge in [-0.2, -0.15) is 11.8 Å². The number of aromatic nitrogens is 2. The molecule has 0 radical (unpaired) electrons. The average Bonchev–Trinajstić information content (AvgIpc) is 3.04. The van der Waals surface area contributed by atoms with Gasteiger partial charge in [-0.3, -0.25) is 0 Å². The SMILES string of the molecule is Brc1cc(NCC2CCSC2)nc(C2CC2)n1. The Bertz CT molecular complexity index is 403. The van der Waals surface area contributed by atoms with E-state index in [2.05, 4.69) is 43.0 Å². The molecule has 2 aliphatic rings. The number of thioether (sulfide) groups is 1. The molecule has 5 heteroatoms. The number of rotatable bonds is 4. The molecule has 2 fully saturated rings. The molecule has 0 bridgehead atoms. The minimum atomic E-state index is 0.607. The first kappa shape index (κ1) is 11.8. The first-order valence-electron chi connectivity index (χ1n) is 6.17. The van der Waals surface area contributed by atoms with Crippen LogP contribution in [0.5, 0.6) is 0 Å². The Morgan fingerprint density at radius 2 is 2.24 bits per heavy atom. The minimum absolute atomic E-state index is 0.607. The fourth-order valence-electron chi connectivity index (χ4n) is 2.04. The summed E-state index contributed by atoms with van der Waals surface area (Å²) < 4.78 is 0.901. The fraction of sp³-hybridized carbons (Fsp3) is 0.667. The Morgan fingerprint density at radius 3 is 2.94 bits per heavy atom. The van der Waals surface area contributed by atoms with Gasteiger partial charge in [0.25, 0.3) is 0 Å². The van der Waals surface area contributed by atoms with Gasteiger partial charge in [-0.15, -0.1) is 0 Å². The largest absolute Gasteiger partial charge is 0.370 e. The summed E-state index contributed by atoms with van der Waals surface area (Å²) in [5.74, 6) is 5.99. The molecule has 1 saturated heterocycles. The van der Waals surface area contributed by atoms with Gasteiger partial charge in [0.05, 0.1) is 0 Å². The van der Waals surface area contributed by atoms with Gasteiger partial charge >= 0.3 is 0 Å². The van der Waals surface area contributed by atoms with Crippen molar-refractivity contribution in [1.29, 1.82) is 0 Å². The highest BCUT2D eigenvalue weighted by molar-refractivity contribution is 9.10. The van der Waals surface area contributed by atoms with Crippen LogP contribution in [0.2, 0.25) is 0 Å². The summed E-state index contributed by atoms with van der Waals surface area (Å²) in [6.45, 7) is 1.04. The Kier molecular flexibility index (Phi) is 3.56. The van der Waals surface area contributed by atoms with Crippen molar-refractivity contribution >= 4 is 33.5 Å². The molecule has 1 saturated carbocycles. The third-order valence-electron chi connectivity index (χ3n) is 3.25. The maximum Gasteiger partial charge on any atom is 0.135 e.